The van der Waals surface area contributed by atoms with Gasteiger partial charge in [0, 0.05) is 17.6 Å². The van der Waals surface area contributed by atoms with Crippen molar-refractivity contribution in [3.05, 3.63) is 35.9 Å². The molecule has 0 saturated heterocycles. The lowest BCUT2D eigenvalue weighted by molar-refractivity contribution is -0.127. The summed E-state index contributed by atoms with van der Waals surface area (Å²) in [5.74, 6) is -0.799. The highest BCUT2D eigenvalue weighted by Gasteiger charge is 2.26. The number of nitrogens with two attached hydrogens (primary N) is 2. The first-order valence-electron chi connectivity index (χ1n) is 5.74. The monoisotopic (exact) mass is 249 g/mol. The quantitative estimate of drug-likeness (QED) is 0.805. The molecule has 5 heteroatoms. The number of hydrogen-bond acceptors (Lipinski definition) is 4. The lowest BCUT2D eigenvalue weighted by Gasteiger charge is -2.28. The van der Waals surface area contributed by atoms with Crippen LogP contribution in [-0.4, -0.2) is 35.3 Å². The Labute approximate surface area is 107 Å². The van der Waals surface area contributed by atoms with Gasteiger partial charge in [0.15, 0.2) is 0 Å². The molecule has 0 atom stereocenters. The number of amides is 2. The lowest BCUT2D eigenvalue weighted by Crippen LogP contribution is -2.51. The van der Waals surface area contributed by atoms with Crippen molar-refractivity contribution in [2.45, 2.75) is 19.4 Å². The fraction of sp³-hybridized carbons (Fsp3) is 0.385. The third-order valence-corrected chi connectivity index (χ3v) is 2.31. The average molecular weight is 249 g/mol. The second-order valence-corrected chi connectivity index (χ2v) is 4.84. The van der Waals surface area contributed by atoms with Crippen molar-refractivity contribution in [3.8, 4) is 0 Å². The van der Waals surface area contributed by atoms with Gasteiger partial charge in [-0.15, -0.1) is 0 Å². The van der Waals surface area contributed by atoms with Crippen molar-refractivity contribution in [1.82, 2.24) is 4.90 Å². The number of imide groups is 1. The highest BCUT2D eigenvalue weighted by Crippen LogP contribution is 2.09. The van der Waals surface area contributed by atoms with Crippen LogP contribution in [0.5, 0.6) is 0 Å². The van der Waals surface area contributed by atoms with E-state index in [9.17, 15) is 9.59 Å². The maximum Gasteiger partial charge on any atom is 0.260 e. The van der Waals surface area contributed by atoms with E-state index in [-0.39, 0.29) is 19.0 Å². The zero-order valence-corrected chi connectivity index (χ0v) is 10.7. The largest absolute Gasteiger partial charge is 0.324 e. The SMILES string of the molecule is CC(C)(N)CN(C(=O)CN)C(=O)c1ccccc1. The molecule has 0 aromatic heterocycles. The summed E-state index contributed by atoms with van der Waals surface area (Å²) in [5, 5.41) is 0. The Balaban J connectivity index is 2.97. The smallest absolute Gasteiger partial charge is 0.260 e. The van der Waals surface area contributed by atoms with Crippen molar-refractivity contribution in [2.75, 3.05) is 13.1 Å². The number of nitrogens with zero attached hydrogens (tertiary/aromatic N) is 1. The molecule has 0 spiro atoms. The van der Waals surface area contributed by atoms with E-state index in [1.165, 1.54) is 0 Å². The van der Waals surface area contributed by atoms with Gasteiger partial charge in [0.1, 0.15) is 0 Å². The highest BCUT2D eigenvalue weighted by molar-refractivity contribution is 6.05. The zero-order chi connectivity index (χ0) is 13.8. The molecule has 1 rings (SSSR count). The van der Waals surface area contributed by atoms with Crippen molar-refractivity contribution in [1.29, 1.82) is 0 Å². The van der Waals surface area contributed by atoms with E-state index < -0.39 is 11.4 Å². The molecule has 98 valence electrons. The molecule has 0 unspecified atom stereocenters. The van der Waals surface area contributed by atoms with E-state index in [2.05, 4.69) is 0 Å². The molecule has 1 aromatic carbocycles. The standard InChI is InChI=1S/C13H19N3O2/c1-13(2,15)9-16(11(17)8-14)12(18)10-6-4-3-5-7-10/h3-7H,8-9,14-15H2,1-2H3. The van der Waals surface area contributed by atoms with Crippen molar-refractivity contribution < 1.29 is 9.59 Å². The third kappa shape index (κ3) is 3.94. The minimum absolute atomic E-state index is 0.136. The van der Waals surface area contributed by atoms with Crippen molar-refractivity contribution >= 4 is 11.8 Å². The van der Waals surface area contributed by atoms with E-state index in [0.29, 0.717) is 5.56 Å². The first-order chi connectivity index (χ1) is 8.35. The number of carbonyl (C=O) groups is 2. The van der Waals surface area contributed by atoms with Gasteiger partial charge in [0.2, 0.25) is 5.91 Å². The van der Waals surface area contributed by atoms with Gasteiger partial charge < -0.3 is 11.5 Å². The van der Waals surface area contributed by atoms with E-state index in [0.717, 1.165) is 4.90 Å². The average Bonchev–Trinajstić information content (AvgIpc) is 2.34. The molecule has 1 aromatic rings. The molecule has 0 radical (unpaired) electrons. The van der Waals surface area contributed by atoms with Crippen LogP contribution in [-0.2, 0) is 4.79 Å². The molecule has 2 amide bonds. The summed E-state index contributed by atoms with van der Waals surface area (Å²) in [6.07, 6.45) is 0. The summed E-state index contributed by atoms with van der Waals surface area (Å²) in [6, 6.07) is 8.60. The van der Waals surface area contributed by atoms with E-state index >= 15 is 0 Å². The van der Waals surface area contributed by atoms with Crippen LogP contribution in [0.25, 0.3) is 0 Å². The predicted octanol–water partition coefficient (Wildman–Crippen LogP) is 0.351. The van der Waals surface area contributed by atoms with Gasteiger partial charge in [-0.2, -0.15) is 0 Å². The van der Waals surface area contributed by atoms with Crippen LogP contribution in [0.2, 0.25) is 0 Å². The predicted molar refractivity (Wildman–Crippen MR) is 69.8 cm³/mol. The molecule has 0 aliphatic carbocycles. The van der Waals surface area contributed by atoms with Gasteiger partial charge in [-0.3, -0.25) is 14.5 Å². The molecule has 0 bridgehead atoms. The summed E-state index contributed by atoms with van der Waals surface area (Å²) < 4.78 is 0. The van der Waals surface area contributed by atoms with Gasteiger partial charge in [0.05, 0.1) is 6.54 Å². The Hall–Kier alpha value is -1.72. The van der Waals surface area contributed by atoms with Gasteiger partial charge in [-0.1, -0.05) is 18.2 Å². The molecular weight excluding hydrogens is 230 g/mol. The van der Waals surface area contributed by atoms with Crippen LogP contribution in [0.1, 0.15) is 24.2 Å². The Morgan fingerprint density at radius 2 is 1.78 bits per heavy atom. The van der Waals surface area contributed by atoms with Crippen molar-refractivity contribution in [3.63, 3.8) is 0 Å². The third-order valence-electron chi connectivity index (χ3n) is 2.31. The minimum Gasteiger partial charge on any atom is -0.324 e. The fourth-order valence-corrected chi connectivity index (χ4v) is 1.53. The van der Waals surface area contributed by atoms with E-state index in [1.807, 2.05) is 0 Å². The van der Waals surface area contributed by atoms with Crippen molar-refractivity contribution in [2.24, 2.45) is 11.5 Å². The lowest BCUT2D eigenvalue weighted by atomic mass is 10.1. The van der Waals surface area contributed by atoms with Crippen LogP contribution in [0.3, 0.4) is 0 Å². The fourth-order valence-electron chi connectivity index (χ4n) is 1.53. The number of benzene rings is 1. The summed E-state index contributed by atoms with van der Waals surface area (Å²) in [4.78, 5) is 25.1. The Kier molecular flexibility index (Phi) is 4.58. The molecule has 0 aliphatic heterocycles. The molecule has 5 nitrogen and oxygen atoms in total. The van der Waals surface area contributed by atoms with E-state index in [1.54, 1.807) is 44.2 Å². The highest BCUT2D eigenvalue weighted by atomic mass is 16.2. The Bertz CT molecular complexity index is 424. The minimum atomic E-state index is -0.657. The summed E-state index contributed by atoms with van der Waals surface area (Å²) in [7, 11) is 0. The number of hydrogen-bond donors (Lipinski definition) is 2. The van der Waals surface area contributed by atoms with Crippen LogP contribution in [0, 0.1) is 0 Å². The van der Waals surface area contributed by atoms with Gasteiger partial charge >= 0.3 is 0 Å². The Morgan fingerprint density at radius 3 is 2.22 bits per heavy atom. The van der Waals surface area contributed by atoms with Crippen LogP contribution in [0.4, 0.5) is 0 Å². The second-order valence-electron chi connectivity index (χ2n) is 4.84. The van der Waals surface area contributed by atoms with Crippen LogP contribution < -0.4 is 11.5 Å². The first kappa shape index (κ1) is 14.3. The number of rotatable bonds is 4. The molecule has 0 aliphatic rings. The summed E-state index contributed by atoms with van der Waals surface area (Å²) in [5.41, 5.74) is 11.0. The molecule has 0 saturated carbocycles. The zero-order valence-electron chi connectivity index (χ0n) is 10.7. The van der Waals surface area contributed by atoms with Gasteiger partial charge in [-0.25, -0.2) is 0 Å². The molecule has 18 heavy (non-hydrogen) atoms. The topological polar surface area (TPSA) is 89.4 Å². The maximum atomic E-state index is 12.2. The van der Waals surface area contributed by atoms with Crippen LogP contribution >= 0.6 is 0 Å². The van der Waals surface area contributed by atoms with Gasteiger partial charge in [0.25, 0.3) is 5.91 Å². The van der Waals surface area contributed by atoms with Crippen LogP contribution in [0.15, 0.2) is 30.3 Å². The van der Waals surface area contributed by atoms with E-state index in [4.69, 9.17) is 11.5 Å². The second kappa shape index (κ2) is 5.75. The summed E-state index contributed by atoms with van der Waals surface area (Å²) >= 11 is 0. The molecule has 0 heterocycles. The molecule has 0 fully saturated rings. The first-order valence-corrected chi connectivity index (χ1v) is 5.74. The van der Waals surface area contributed by atoms with Gasteiger partial charge in [-0.05, 0) is 26.0 Å². The molecular formula is C13H19N3O2. The Morgan fingerprint density at radius 1 is 1.22 bits per heavy atom. The number of carbonyl (C=O) groups excluding carboxylic acids is 2. The molecule has 4 N–H and O–H groups in total. The normalized spacial score (nSPS) is 11.1. The summed E-state index contributed by atoms with van der Waals surface area (Å²) in [6.45, 7) is 3.43. The maximum absolute atomic E-state index is 12.2.